The number of halogens is 2. The predicted molar refractivity (Wildman–Crippen MR) is 18.8 cm³/mol. The van der Waals surface area contributed by atoms with E-state index in [2.05, 4.69) is 0 Å². The first-order chi connectivity index (χ1) is 2.94. The van der Waals surface area contributed by atoms with Gasteiger partial charge in [0, 0.05) is 0 Å². The summed E-state index contributed by atoms with van der Waals surface area (Å²) in [5.74, 6) is 0. The van der Waals surface area contributed by atoms with Gasteiger partial charge in [-0.3, -0.25) is 0 Å². The van der Waals surface area contributed by atoms with Crippen LogP contribution in [0.25, 0.3) is 0 Å². The van der Waals surface area contributed by atoms with Crippen LogP contribution in [0.5, 0.6) is 0 Å². The van der Waals surface area contributed by atoms with E-state index in [1.807, 2.05) is 0 Å². The SMILES string of the molecule is O=S([O-])(O)=C(F)F. The lowest BCUT2D eigenvalue weighted by molar-refractivity contribution is 0.420. The quantitative estimate of drug-likeness (QED) is 0.369. The Morgan fingerprint density at radius 3 is 1.86 bits per heavy atom. The first-order valence-electron chi connectivity index (χ1n) is 1.10. The molecule has 1 unspecified atom stereocenters. The summed E-state index contributed by atoms with van der Waals surface area (Å²) in [6.07, 6.45) is 0. The van der Waals surface area contributed by atoms with Crippen LogP contribution in [0.15, 0.2) is 0 Å². The fraction of sp³-hybridized carbons (Fsp3) is 0. The molecule has 44 valence electrons. The summed E-state index contributed by atoms with van der Waals surface area (Å²) in [6, 6.07) is 0. The summed E-state index contributed by atoms with van der Waals surface area (Å²) in [6.45, 7) is 0. The van der Waals surface area contributed by atoms with Crippen LogP contribution >= 0.6 is 0 Å². The Morgan fingerprint density at radius 2 is 1.86 bits per heavy atom. The third kappa shape index (κ3) is 2.49. The maximum atomic E-state index is 10.6. The molecule has 0 saturated carbocycles. The molecule has 0 aliphatic rings. The molecule has 0 rings (SSSR count). The molecule has 0 heterocycles. The summed E-state index contributed by atoms with van der Waals surface area (Å²) in [5.41, 5.74) is 0. The predicted octanol–water partition coefficient (Wildman–Crippen LogP) is -0.0994. The highest BCUT2D eigenvalue weighted by Crippen LogP contribution is 1.85. The maximum absolute atomic E-state index is 10.6. The molecular weight excluding hydrogens is 130 g/mol. The van der Waals surface area contributed by atoms with Gasteiger partial charge in [0.1, 0.15) is 0 Å². The largest absolute Gasteiger partial charge is 0.753 e. The second-order valence-corrected chi connectivity index (χ2v) is 1.96. The zero-order chi connectivity index (χ0) is 6.08. The van der Waals surface area contributed by atoms with Crippen LogP contribution in [-0.2, 0) is 10.1 Å². The van der Waals surface area contributed by atoms with Crippen LogP contribution in [-0.4, -0.2) is 18.7 Å². The average molecular weight is 131 g/mol. The molecule has 0 aliphatic heterocycles. The van der Waals surface area contributed by atoms with Gasteiger partial charge in [-0.1, -0.05) is 0 Å². The molecule has 0 bridgehead atoms. The van der Waals surface area contributed by atoms with Crippen molar-refractivity contribution in [2.75, 3.05) is 0 Å². The van der Waals surface area contributed by atoms with Crippen molar-refractivity contribution < 1.29 is 22.1 Å². The van der Waals surface area contributed by atoms with Crippen LogP contribution in [0.2, 0.25) is 0 Å². The van der Waals surface area contributed by atoms with E-state index < -0.39 is 15.5 Å². The van der Waals surface area contributed by atoms with E-state index in [9.17, 15) is 8.78 Å². The summed E-state index contributed by atoms with van der Waals surface area (Å²) < 4.78 is 46.7. The van der Waals surface area contributed by atoms with Crippen LogP contribution in [0.4, 0.5) is 8.78 Å². The molecule has 1 atom stereocenters. The molecule has 0 aromatic carbocycles. The van der Waals surface area contributed by atoms with Crippen LogP contribution in [0.1, 0.15) is 0 Å². The van der Waals surface area contributed by atoms with Crippen molar-refractivity contribution >= 4 is 15.5 Å². The standard InChI is InChI=1S/CH2F2O3S/c2-1(3)7(4,5)6/h(H2,4,5,6)/p-1. The van der Waals surface area contributed by atoms with E-state index in [0.29, 0.717) is 0 Å². The summed E-state index contributed by atoms with van der Waals surface area (Å²) in [7, 11) is -5.16. The first kappa shape index (κ1) is 6.80. The minimum absolute atomic E-state index is 2.98. The van der Waals surface area contributed by atoms with Crippen molar-refractivity contribution in [3.05, 3.63) is 0 Å². The maximum Gasteiger partial charge on any atom is 0.334 e. The monoisotopic (exact) mass is 131 g/mol. The molecule has 0 aromatic heterocycles. The van der Waals surface area contributed by atoms with Crippen LogP contribution < -0.4 is 0 Å². The number of rotatable bonds is 0. The molecule has 3 nitrogen and oxygen atoms in total. The van der Waals surface area contributed by atoms with Gasteiger partial charge in [-0.15, -0.1) is 0 Å². The molecule has 0 spiro atoms. The van der Waals surface area contributed by atoms with Crippen LogP contribution in [0, 0.1) is 0 Å². The lowest BCUT2D eigenvalue weighted by Crippen LogP contribution is -2.02. The van der Waals surface area contributed by atoms with Gasteiger partial charge < -0.3 is 9.11 Å². The Labute approximate surface area is 38.6 Å². The fourth-order valence-electron chi connectivity index (χ4n) is 0. The third-order valence-corrected chi connectivity index (χ3v) is 0.585. The lowest BCUT2D eigenvalue weighted by Gasteiger charge is -2.00. The van der Waals surface area contributed by atoms with Gasteiger partial charge >= 0.3 is 5.37 Å². The van der Waals surface area contributed by atoms with Crippen molar-refractivity contribution in [3.63, 3.8) is 0 Å². The molecule has 0 aliphatic carbocycles. The third-order valence-electron chi connectivity index (χ3n) is 0.195. The van der Waals surface area contributed by atoms with Gasteiger partial charge in [0.05, 0.1) is 10.1 Å². The smallest absolute Gasteiger partial charge is 0.334 e. The van der Waals surface area contributed by atoms with E-state index in [-0.39, 0.29) is 0 Å². The molecule has 1 N–H and O–H groups in total. The van der Waals surface area contributed by atoms with Crippen molar-refractivity contribution in [2.45, 2.75) is 0 Å². The van der Waals surface area contributed by atoms with E-state index in [1.165, 1.54) is 0 Å². The second kappa shape index (κ2) is 1.73. The molecule has 6 heteroatoms. The van der Waals surface area contributed by atoms with Gasteiger partial charge in [0.25, 0.3) is 0 Å². The van der Waals surface area contributed by atoms with Gasteiger partial charge in [-0.2, -0.15) is 8.78 Å². The molecular formula is CHF2O3S-. The Bertz CT molecular complexity index is 154. The average Bonchev–Trinajstić information content (AvgIpc) is 1.31. The molecule has 7 heavy (non-hydrogen) atoms. The van der Waals surface area contributed by atoms with Gasteiger partial charge in [-0.25, -0.2) is 4.21 Å². The Morgan fingerprint density at radius 1 is 1.71 bits per heavy atom. The summed E-state index contributed by atoms with van der Waals surface area (Å²) in [5, 5.41) is -2.98. The molecule has 0 saturated heterocycles. The van der Waals surface area contributed by atoms with Gasteiger partial charge in [-0.05, 0) is 0 Å². The molecule has 0 aromatic rings. The number of hydrogen-bond acceptors (Lipinski definition) is 2. The van der Waals surface area contributed by atoms with Crippen molar-refractivity contribution in [3.8, 4) is 0 Å². The molecule has 0 amide bonds. The number of hydrogen-bond donors (Lipinski definition) is 1. The minimum Gasteiger partial charge on any atom is -0.753 e. The van der Waals surface area contributed by atoms with Gasteiger partial charge in [0.15, 0.2) is 0 Å². The zero-order valence-electron chi connectivity index (χ0n) is 2.93. The normalized spacial score (nSPS) is 18.3. The lowest BCUT2D eigenvalue weighted by atomic mass is 11.7. The molecule has 0 radical (unpaired) electrons. The van der Waals surface area contributed by atoms with Crippen molar-refractivity contribution in [2.24, 2.45) is 0 Å². The van der Waals surface area contributed by atoms with E-state index in [4.69, 9.17) is 13.3 Å². The topological polar surface area (TPSA) is 60.4 Å². The first-order valence-corrected chi connectivity index (χ1v) is 2.54. The van der Waals surface area contributed by atoms with E-state index in [1.54, 1.807) is 0 Å². The second-order valence-electron chi connectivity index (χ2n) is 0.701. The van der Waals surface area contributed by atoms with Crippen molar-refractivity contribution in [1.82, 2.24) is 0 Å². The Kier molecular flexibility index (Phi) is 1.68. The highest BCUT2D eigenvalue weighted by Gasteiger charge is 1.93. The van der Waals surface area contributed by atoms with Crippen molar-refractivity contribution in [1.29, 1.82) is 0 Å². The van der Waals surface area contributed by atoms with E-state index >= 15 is 0 Å². The minimum atomic E-state index is -5.16. The summed E-state index contributed by atoms with van der Waals surface area (Å²) in [4.78, 5) is 0. The zero-order valence-corrected chi connectivity index (χ0v) is 3.74. The van der Waals surface area contributed by atoms with E-state index in [0.717, 1.165) is 0 Å². The van der Waals surface area contributed by atoms with Gasteiger partial charge in [0.2, 0.25) is 0 Å². The highest BCUT2D eigenvalue weighted by molar-refractivity contribution is 7.91. The Hall–Kier alpha value is -0.200. The Balaban J connectivity index is 4.67. The van der Waals surface area contributed by atoms with Crippen LogP contribution in [0.3, 0.4) is 0 Å². The molecule has 0 fully saturated rings. The highest BCUT2D eigenvalue weighted by atomic mass is 32.2. The summed E-state index contributed by atoms with van der Waals surface area (Å²) >= 11 is 0. The fourth-order valence-corrected chi connectivity index (χ4v) is 0.